The summed E-state index contributed by atoms with van der Waals surface area (Å²) < 4.78 is 15.1. The van der Waals surface area contributed by atoms with E-state index in [1.807, 2.05) is 6.07 Å². The van der Waals surface area contributed by atoms with Gasteiger partial charge in [-0.1, -0.05) is 0 Å². The van der Waals surface area contributed by atoms with Crippen molar-refractivity contribution in [2.45, 2.75) is 6.04 Å². The van der Waals surface area contributed by atoms with Crippen molar-refractivity contribution < 1.29 is 19.0 Å². The van der Waals surface area contributed by atoms with Gasteiger partial charge in [-0.3, -0.25) is 0 Å². The molecule has 16 heavy (non-hydrogen) atoms. The van der Waals surface area contributed by atoms with Gasteiger partial charge in [0.1, 0.15) is 18.1 Å². The summed E-state index contributed by atoms with van der Waals surface area (Å²) in [7, 11) is 1.32. The van der Waals surface area contributed by atoms with Gasteiger partial charge in [0.05, 0.1) is 13.2 Å². The SMILES string of the molecule is COC(=O)COc1ccc2c(c1)OCC2N. The highest BCUT2D eigenvalue weighted by atomic mass is 16.6. The lowest BCUT2D eigenvalue weighted by atomic mass is 10.1. The summed E-state index contributed by atoms with van der Waals surface area (Å²) in [5.41, 5.74) is 6.76. The number of fused-ring (bicyclic) bond motifs is 1. The molecule has 0 saturated heterocycles. The molecule has 0 saturated carbocycles. The van der Waals surface area contributed by atoms with Crippen LogP contribution in [0.15, 0.2) is 18.2 Å². The number of rotatable bonds is 3. The van der Waals surface area contributed by atoms with Crippen molar-refractivity contribution in [2.75, 3.05) is 20.3 Å². The van der Waals surface area contributed by atoms with Crippen molar-refractivity contribution in [2.24, 2.45) is 5.73 Å². The monoisotopic (exact) mass is 223 g/mol. The van der Waals surface area contributed by atoms with Gasteiger partial charge in [0.2, 0.25) is 0 Å². The van der Waals surface area contributed by atoms with E-state index in [2.05, 4.69) is 4.74 Å². The first-order valence-electron chi connectivity index (χ1n) is 4.92. The normalized spacial score (nSPS) is 17.5. The molecule has 1 aliphatic rings. The highest BCUT2D eigenvalue weighted by molar-refractivity contribution is 5.70. The Hall–Kier alpha value is -1.75. The lowest BCUT2D eigenvalue weighted by Gasteiger charge is -2.06. The molecule has 1 aliphatic heterocycles. The Morgan fingerprint density at radius 1 is 1.62 bits per heavy atom. The number of hydrogen-bond donors (Lipinski definition) is 1. The van der Waals surface area contributed by atoms with Crippen molar-refractivity contribution in [3.05, 3.63) is 23.8 Å². The molecule has 0 amide bonds. The molecule has 1 aromatic rings. The van der Waals surface area contributed by atoms with Crippen LogP contribution in [0.25, 0.3) is 0 Å². The van der Waals surface area contributed by atoms with Crippen LogP contribution in [0.4, 0.5) is 0 Å². The smallest absolute Gasteiger partial charge is 0.343 e. The Morgan fingerprint density at radius 3 is 3.19 bits per heavy atom. The summed E-state index contributed by atoms with van der Waals surface area (Å²) in [5.74, 6) is 0.867. The van der Waals surface area contributed by atoms with Crippen molar-refractivity contribution in [3.63, 3.8) is 0 Å². The fourth-order valence-corrected chi connectivity index (χ4v) is 1.51. The van der Waals surface area contributed by atoms with Crippen LogP contribution in [-0.4, -0.2) is 26.3 Å². The van der Waals surface area contributed by atoms with E-state index in [-0.39, 0.29) is 12.6 Å². The maximum Gasteiger partial charge on any atom is 0.343 e. The van der Waals surface area contributed by atoms with Crippen LogP contribution in [0.5, 0.6) is 11.5 Å². The topological polar surface area (TPSA) is 70.8 Å². The molecule has 1 unspecified atom stereocenters. The van der Waals surface area contributed by atoms with Gasteiger partial charge in [-0.05, 0) is 12.1 Å². The highest BCUT2D eigenvalue weighted by Crippen LogP contribution is 2.33. The van der Waals surface area contributed by atoms with Gasteiger partial charge in [0.25, 0.3) is 0 Å². The summed E-state index contributed by atoms with van der Waals surface area (Å²) in [4.78, 5) is 10.9. The molecule has 5 heteroatoms. The van der Waals surface area contributed by atoms with Crippen LogP contribution in [0, 0.1) is 0 Å². The van der Waals surface area contributed by atoms with Crippen LogP contribution >= 0.6 is 0 Å². The number of carbonyl (C=O) groups is 1. The third-order valence-corrected chi connectivity index (χ3v) is 2.39. The zero-order valence-corrected chi connectivity index (χ0v) is 8.93. The van der Waals surface area contributed by atoms with E-state index < -0.39 is 5.97 Å². The van der Waals surface area contributed by atoms with E-state index in [9.17, 15) is 4.79 Å². The van der Waals surface area contributed by atoms with Crippen LogP contribution in [0.3, 0.4) is 0 Å². The molecule has 5 nitrogen and oxygen atoms in total. The molecule has 1 aromatic carbocycles. The largest absolute Gasteiger partial charge is 0.491 e. The number of nitrogens with two attached hydrogens (primary N) is 1. The average Bonchev–Trinajstić information content (AvgIpc) is 2.67. The maximum atomic E-state index is 10.9. The lowest BCUT2D eigenvalue weighted by Crippen LogP contribution is -2.12. The van der Waals surface area contributed by atoms with Crippen LogP contribution in [0.2, 0.25) is 0 Å². The van der Waals surface area contributed by atoms with Crippen LogP contribution < -0.4 is 15.2 Å². The fraction of sp³-hybridized carbons (Fsp3) is 0.364. The molecule has 1 heterocycles. The quantitative estimate of drug-likeness (QED) is 0.761. The molecule has 0 spiro atoms. The molecule has 0 radical (unpaired) electrons. The Bertz CT molecular complexity index is 405. The second-order valence-corrected chi connectivity index (χ2v) is 3.48. The lowest BCUT2D eigenvalue weighted by molar-refractivity contribution is -0.142. The molecule has 0 aliphatic carbocycles. The van der Waals surface area contributed by atoms with E-state index in [1.54, 1.807) is 12.1 Å². The predicted octanol–water partition coefficient (Wildman–Crippen LogP) is 0.631. The van der Waals surface area contributed by atoms with Gasteiger partial charge < -0.3 is 19.9 Å². The first-order valence-corrected chi connectivity index (χ1v) is 4.92. The molecule has 1 atom stereocenters. The predicted molar refractivity (Wildman–Crippen MR) is 56.4 cm³/mol. The third-order valence-electron chi connectivity index (χ3n) is 2.39. The van der Waals surface area contributed by atoms with Crippen LogP contribution in [-0.2, 0) is 9.53 Å². The van der Waals surface area contributed by atoms with Gasteiger partial charge in [-0.15, -0.1) is 0 Å². The second kappa shape index (κ2) is 4.40. The van der Waals surface area contributed by atoms with Gasteiger partial charge in [0, 0.05) is 11.6 Å². The molecule has 2 N–H and O–H groups in total. The minimum absolute atomic E-state index is 0.0790. The standard InChI is InChI=1S/C11H13NO4/c1-14-11(13)6-15-7-2-3-8-9(12)5-16-10(8)4-7/h2-4,9H,5-6,12H2,1H3. The van der Waals surface area contributed by atoms with Gasteiger partial charge >= 0.3 is 5.97 Å². The Kier molecular flexibility index (Phi) is 2.96. The van der Waals surface area contributed by atoms with Gasteiger partial charge in [-0.25, -0.2) is 4.79 Å². The number of ether oxygens (including phenoxy) is 3. The Balaban J connectivity index is 2.05. The van der Waals surface area contributed by atoms with E-state index in [0.29, 0.717) is 12.4 Å². The minimum atomic E-state index is -0.418. The summed E-state index contributed by atoms with van der Waals surface area (Å²) >= 11 is 0. The third kappa shape index (κ3) is 2.09. The summed E-state index contributed by atoms with van der Waals surface area (Å²) in [5, 5.41) is 0. The van der Waals surface area contributed by atoms with Crippen molar-refractivity contribution in [1.29, 1.82) is 0 Å². The Labute approximate surface area is 93.1 Å². The highest BCUT2D eigenvalue weighted by Gasteiger charge is 2.20. The van der Waals surface area contributed by atoms with E-state index in [1.165, 1.54) is 7.11 Å². The molecule has 86 valence electrons. The maximum absolute atomic E-state index is 10.9. The first kappa shape index (κ1) is 10.8. The van der Waals surface area contributed by atoms with E-state index in [0.717, 1.165) is 11.3 Å². The summed E-state index contributed by atoms with van der Waals surface area (Å²) in [6, 6.07) is 5.26. The number of methoxy groups -OCH3 is 1. The van der Waals surface area contributed by atoms with E-state index >= 15 is 0 Å². The van der Waals surface area contributed by atoms with Crippen molar-refractivity contribution in [3.8, 4) is 11.5 Å². The molecule has 0 aromatic heterocycles. The fourth-order valence-electron chi connectivity index (χ4n) is 1.51. The van der Waals surface area contributed by atoms with Crippen LogP contribution in [0.1, 0.15) is 11.6 Å². The molecule has 0 bridgehead atoms. The Morgan fingerprint density at radius 2 is 2.44 bits per heavy atom. The molecule has 0 fully saturated rings. The zero-order valence-electron chi connectivity index (χ0n) is 8.93. The molecular formula is C11H13NO4. The van der Waals surface area contributed by atoms with E-state index in [4.69, 9.17) is 15.2 Å². The first-order chi connectivity index (χ1) is 7.70. The van der Waals surface area contributed by atoms with Gasteiger partial charge in [-0.2, -0.15) is 0 Å². The number of hydrogen-bond acceptors (Lipinski definition) is 5. The number of esters is 1. The van der Waals surface area contributed by atoms with Gasteiger partial charge in [0.15, 0.2) is 6.61 Å². The second-order valence-electron chi connectivity index (χ2n) is 3.48. The zero-order chi connectivity index (χ0) is 11.5. The van der Waals surface area contributed by atoms with Crippen molar-refractivity contribution >= 4 is 5.97 Å². The summed E-state index contributed by atoms with van der Waals surface area (Å²) in [6.07, 6.45) is 0. The molecular weight excluding hydrogens is 210 g/mol. The van der Waals surface area contributed by atoms with Crippen molar-refractivity contribution in [1.82, 2.24) is 0 Å². The average molecular weight is 223 g/mol. The summed E-state index contributed by atoms with van der Waals surface area (Å²) in [6.45, 7) is 0.372. The number of benzene rings is 1. The number of carbonyl (C=O) groups excluding carboxylic acids is 1. The minimum Gasteiger partial charge on any atom is -0.491 e. The molecule has 2 rings (SSSR count).